The highest BCUT2D eigenvalue weighted by atomic mass is 19.4. The Bertz CT molecular complexity index is 1090. The molecule has 1 aromatic heterocycles. The second-order valence-corrected chi connectivity index (χ2v) is 6.96. The molecule has 0 aliphatic heterocycles. The SMILES string of the molecule is CCN(CC(=O)NCc1ccc(F)cc1)C(=O)c1ccc(-c2cccc(C(F)(F)F)c2)o1. The zero-order chi connectivity index (χ0) is 23.3. The molecule has 0 saturated carbocycles. The van der Waals surface area contributed by atoms with Crippen molar-refractivity contribution in [3.05, 3.63) is 83.4 Å². The smallest absolute Gasteiger partial charge is 0.416 e. The van der Waals surface area contributed by atoms with Crippen molar-refractivity contribution in [1.82, 2.24) is 10.2 Å². The van der Waals surface area contributed by atoms with Gasteiger partial charge in [-0.05, 0) is 48.9 Å². The van der Waals surface area contributed by atoms with Crippen LogP contribution in [-0.2, 0) is 17.5 Å². The van der Waals surface area contributed by atoms with E-state index in [1.54, 1.807) is 6.92 Å². The second-order valence-electron chi connectivity index (χ2n) is 6.96. The van der Waals surface area contributed by atoms with Gasteiger partial charge in [-0.1, -0.05) is 24.3 Å². The average Bonchev–Trinajstić information content (AvgIpc) is 3.26. The first-order valence-corrected chi connectivity index (χ1v) is 9.75. The average molecular weight is 448 g/mol. The number of amides is 2. The highest BCUT2D eigenvalue weighted by molar-refractivity contribution is 5.94. The first-order chi connectivity index (χ1) is 15.2. The van der Waals surface area contributed by atoms with E-state index in [1.165, 1.54) is 53.4 Å². The number of likely N-dealkylation sites (N-methyl/N-ethyl adjacent to an activating group) is 1. The summed E-state index contributed by atoms with van der Waals surface area (Å²) in [5.41, 5.74) is 0.0529. The molecule has 1 heterocycles. The van der Waals surface area contributed by atoms with E-state index in [9.17, 15) is 27.2 Å². The number of rotatable bonds is 7. The third-order valence-corrected chi connectivity index (χ3v) is 4.70. The molecule has 0 bridgehead atoms. The third-order valence-electron chi connectivity index (χ3n) is 4.70. The van der Waals surface area contributed by atoms with Crippen LogP contribution >= 0.6 is 0 Å². The summed E-state index contributed by atoms with van der Waals surface area (Å²) in [5, 5.41) is 2.65. The van der Waals surface area contributed by atoms with Crippen molar-refractivity contribution >= 4 is 11.8 Å². The Morgan fingerprint density at radius 1 is 1.03 bits per heavy atom. The molecule has 168 valence electrons. The van der Waals surface area contributed by atoms with Crippen molar-refractivity contribution in [2.24, 2.45) is 0 Å². The lowest BCUT2D eigenvalue weighted by Gasteiger charge is -2.19. The number of carbonyl (C=O) groups excluding carboxylic acids is 2. The maximum absolute atomic E-state index is 12.9. The van der Waals surface area contributed by atoms with Crippen LogP contribution in [0, 0.1) is 5.82 Å². The molecule has 1 N–H and O–H groups in total. The van der Waals surface area contributed by atoms with E-state index in [0.29, 0.717) is 5.56 Å². The standard InChI is InChI=1S/C23H20F4N2O3/c1-2-29(14-21(30)28-13-15-6-8-18(24)9-7-15)22(31)20-11-10-19(32-20)16-4-3-5-17(12-16)23(25,26)27/h3-12H,2,13-14H2,1H3,(H,28,30). The second kappa shape index (κ2) is 9.67. The number of nitrogens with one attached hydrogen (secondary N) is 1. The Hall–Kier alpha value is -3.62. The monoisotopic (exact) mass is 448 g/mol. The van der Waals surface area contributed by atoms with Gasteiger partial charge in [0.2, 0.25) is 5.91 Å². The molecule has 32 heavy (non-hydrogen) atoms. The Labute approximate surface area is 181 Å². The van der Waals surface area contributed by atoms with Crippen LogP contribution in [0.25, 0.3) is 11.3 Å². The maximum atomic E-state index is 12.9. The fourth-order valence-corrected chi connectivity index (χ4v) is 2.97. The number of carbonyl (C=O) groups is 2. The van der Waals surface area contributed by atoms with Crippen LogP contribution < -0.4 is 5.32 Å². The number of alkyl halides is 3. The Morgan fingerprint density at radius 2 is 1.75 bits per heavy atom. The summed E-state index contributed by atoms with van der Waals surface area (Å²) < 4.78 is 57.2. The van der Waals surface area contributed by atoms with Crippen LogP contribution in [0.5, 0.6) is 0 Å². The van der Waals surface area contributed by atoms with Crippen molar-refractivity contribution in [1.29, 1.82) is 0 Å². The van der Waals surface area contributed by atoms with E-state index >= 15 is 0 Å². The van der Waals surface area contributed by atoms with Crippen LogP contribution in [0.2, 0.25) is 0 Å². The molecular formula is C23H20F4N2O3. The zero-order valence-corrected chi connectivity index (χ0v) is 17.1. The van der Waals surface area contributed by atoms with Gasteiger partial charge in [-0.3, -0.25) is 9.59 Å². The predicted molar refractivity (Wildman–Crippen MR) is 109 cm³/mol. The molecule has 0 fully saturated rings. The van der Waals surface area contributed by atoms with Crippen LogP contribution in [-0.4, -0.2) is 29.8 Å². The third kappa shape index (κ3) is 5.75. The summed E-state index contributed by atoms with van der Waals surface area (Å²) in [6.07, 6.45) is -4.50. The summed E-state index contributed by atoms with van der Waals surface area (Å²) in [6, 6.07) is 13.0. The molecule has 0 spiro atoms. The number of hydrogen-bond donors (Lipinski definition) is 1. The van der Waals surface area contributed by atoms with Gasteiger partial charge in [0.05, 0.1) is 12.1 Å². The largest absolute Gasteiger partial charge is 0.451 e. The first-order valence-electron chi connectivity index (χ1n) is 9.75. The van der Waals surface area contributed by atoms with Crippen LogP contribution in [0.3, 0.4) is 0 Å². The molecule has 3 rings (SSSR count). The van der Waals surface area contributed by atoms with Gasteiger partial charge in [0, 0.05) is 18.7 Å². The van der Waals surface area contributed by atoms with E-state index in [4.69, 9.17) is 4.42 Å². The normalized spacial score (nSPS) is 11.3. The van der Waals surface area contributed by atoms with Crippen LogP contribution in [0.4, 0.5) is 17.6 Å². The summed E-state index contributed by atoms with van der Waals surface area (Å²) in [6.45, 7) is 1.83. The lowest BCUT2D eigenvalue weighted by molar-refractivity contribution is -0.137. The van der Waals surface area contributed by atoms with Crippen molar-refractivity contribution in [2.45, 2.75) is 19.6 Å². The van der Waals surface area contributed by atoms with Gasteiger partial charge in [0.1, 0.15) is 11.6 Å². The van der Waals surface area contributed by atoms with Crippen LogP contribution in [0.15, 0.2) is 65.1 Å². The molecule has 0 radical (unpaired) electrons. The lowest BCUT2D eigenvalue weighted by atomic mass is 10.1. The van der Waals surface area contributed by atoms with Gasteiger partial charge in [-0.25, -0.2) is 4.39 Å². The minimum absolute atomic E-state index is 0.0920. The number of hydrogen-bond acceptors (Lipinski definition) is 3. The lowest BCUT2D eigenvalue weighted by Crippen LogP contribution is -2.40. The van der Waals surface area contributed by atoms with Gasteiger partial charge in [-0.2, -0.15) is 13.2 Å². The molecule has 9 heteroatoms. The van der Waals surface area contributed by atoms with Gasteiger partial charge >= 0.3 is 6.18 Å². The van der Waals surface area contributed by atoms with Crippen molar-refractivity contribution in [3.63, 3.8) is 0 Å². The van der Waals surface area contributed by atoms with Crippen LogP contribution in [0.1, 0.15) is 28.6 Å². The van der Waals surface area contributed by atoms with E-state index in [2.05, 4.69) is 5.32 Å². The van der Waals surface area contributed by atoms with E-state index in [0.717, 1.165) is 12.1 Å². The molecule has 0 aliphatic rings. The molecule has 2 aromatic carbocycles. The molecular weight excluding hydrogens is 428 g/mol. The molecule has 5 nitrogen and oxygen atoms in total. The molecule has 0 unspecified atom stereocenters. The topological polar surface area (TPSA) is 62.6 Å². The number of halogens is 4. The summed E-state index contributed by atoms with van der Waals surface area (Å²) in [7, 11) is 0. The summed E-state index contributed by atoms with van der Waals surface area (Å²) in [4.78, 5) is 26.2. The first kappa shape index (κ1) is 23.1. The van der Waals surface area contributed by atoms with E-state index in [-0.39, 0.29) is 42.5 Å². The fraction of sp³-hybridized carbons (Fsp3) is 0.217. The van der Waals surface area contributed by atoms with Gasteiger partial charge < -0.3 is 14.6 Å². The van der Waals surface area contributed by atoms with Crippen molar-refractivity contribution in [2.75, 3.05) is 13.1 Å². The zero-order valence-electron chi connectivity index (χ0n) is 17.1. The fourth-order valence-electron chi connectivity index (χ4n) is 2.97. The van der Waals surface area contributed by atoms with E-state index < -0.39 is 23.6 Å². The summed E-state index contributed by atoms with van der Waals surface area (Å²) >= 11 is 0. The summed E-state index contributed by atoms with van der Waals surface area (Å²) in [5.74, 6) is -1.36. The predicted octanol–water partition coefficient (Wildman–Crippen LogP) is 4.88. The van der Waals surface area contributed by atoms with Gasteiger partial charge in [-0.15, -0.1) is 0 Å². The van der Waals surface area contributed by atoms with Crippen molar-refractivity contribution in [3.8, 4) is 11.3 Å². The highest BCUT2D eigenvalue weighted by Crippen LogP contribution is 2.32. The number of benzene rings is 2. The minimum atomic E-state index is -4.50. The molecule has 0 saturated heterocycles. The molecule has 2 amide bonds. The molecule has 0 atom stereocenters. The number of nitrogens with zero attached hydrogens (tertiary/aromatic N) is 1. The number of furan rings is 1. The van der Waals surface area contributed by atoms with E-state index in [1.807, 2.05) is 0 Å². The quantitative estimate of drug-likeness (QED) is 0.524. The Morgan fingerprint density at radius 3 is 2.41 bits per heavy atom. The Kier molecular flexibility index (Phi) is 6.97. The molecule has 0 aliphatic carbocycles. The van der Waals surface area contributed by atoms with Crippen molar-refractivity contribution < 1.29 is 31.6 Å². The Balaban J connectivity index is 1.65. The minimum Gasteiger partial charge on any atom is -0.451 e. The van der Waals surface area contributed by atoms with Gasteiger partial charge in [0.15, 0.2) is 5.76 Å². The van der Waals surface area contributed by atoms with Gasteiger partial charge in [0.25, 0.3) is 5.91 Å². The highest BCUT2D eigenvalue weighted by Gasteiger charge is 2.30. The maximum Gasteiger partial charge on any atom is 0.416 e. The molecule has 3 aromatic rings.